The van der Waals surface area contributed by atoms with E-state index in [9.17, 15) is 14.7 Å². The summed E-state index contributed by atoms with van der Waals surface area (Å²) in [4.78, 5) is 24.3. The van der Waals surface area contributed by atoms with Gasteiger partial charge >= 0.3 is 5.97 Å². The molecular formula is C15H21NO5. The lowest BCUT2D eigenvalue weighted by Crippen LogP contribution is -2.80. The van der Waals surface area contributed by atoms with Crippen molar-refractivity contribution in [2.24, 2.45) is 11.8 Å². The van der Waals surface area contributed by atoms with Crippen LogP contribution < -0.4 is 5.32 Å². The Morgan fingerprint density at radius 1 is 1.52 bits per heavy atom. The van der Waals surface area contributed by atoms with Crippen molar-refractivity contribution in [3.63, 3.8) is 0 Å². The molecule has 3 N–H and O–H groups in total. The van der Waals surface area contributed by atoms with Crippen LogP contribution in [0.25, 0.3) is 0 Å². The van der Waals surface area contributed by atoms with Crippen LogP contribution in [0.5, 0.6) is 0 Å². The number of hydrogen-bond donors (Lipinski definition) is 3. The predicted molar refractivity (Wildman–Crippen MR) is 73.1 cm³/mol. The highest BCUT2D eigenvalue weighted by Crippen LogP contribution is 2.53. The van der Waals surface area contributed by atoms with Gasteiger partial charge in [0.2, 0.25) is 11.4 Å². The maximum absolute atomic E-state index is 12.2. The summed E-state index contributed by atoms with van der Waals surface area (Å²) in [6.07, 6.45) is 5.82. The molecule has 2 aliphatic heterocycles. The van der Waals surface area contributed by atoms with Crippen LogP contribution >= 0.6 is 0 Å². The molecule has 1 amide bonds. The van der Waals surface area contributed by atoms with Gasteiger partial charge in [0, 0.05) is 12.5 Å². The molecule has 2 saturated heterocycles. The number of nitrogens with one attached hydrogen (secondary N) is 1. The lowest BCUT2D eigenvalue weighted by atomic mass is 9.64. The molecule has 5 atom stereocenters. The molecule has 1 aliphatic carbocycles. The molecule has 0 aromatic carbocycles. The van der Waals surface area contributed by atoms with Crippen LogP contribution in [0.1, 0.15) is 32.6 Å². The van der Waals surface area contributed by atoms with Gasteiger partial charge in [-0.25, -0.2) is 4.79 Å². The van der Waals surface area contributed by atoms with Gasteiger partial charge in [0.25, 0.3) is 0 Å². The molecule has 2 heterocycles. The summed E-state index contributed by atoms with van der Waals surface area (Å²) in [6, 6.07) is 0. The monoisotopic (exact) mass is 295 g/mol. The normalized spacial score (nSPS) is 42.8. The fourth-order valence-corrected chi connectivity index (χ4v) is 4.01. The van der Waals surface area contributed by atoms with Crippen molar-refractivity contribution in [1.29, 1.82) is 0 Å². The second-order valence-electron chi connectivity index (χ2n) is 6.33. The van der Waals surface area contributed by atoms with Gasteiger partial charge in [-0.1, -0.05) is 12.2 Å². The molecule has 3 aliphatic rings. The van der Waals surface area contributed by atoms with Gasteiger partial charge in [0.05, 0.1) is 12.0 Å². The summed E-state index contributed by atoms with van der Waals surface area (Å²) in [6.45, 7) is 1.50. The van der Waals surface area contributed by atoms with E-state index >= 15 is 0 Å². The Morgan fingerprint density at radius 3 is 2.86 bits per heavy atom. The number of amides is 1. The van der Waals surface area contributed by atoms with Crippen LogP contribution in [0.15, 0.2) is 12.2 Å². The Balaban J connectivity index is 1.94. The zero-order valence-corrected chi connectivity index (χ0v) is 12.0. The second kappa shape index (κ2) is 4.81. The number of carbonyl (C=O) groups excluding carboxylic acids is 2. The Hall–Kier alpha value is -1.40. The van der Waals surface area contributed by atoms with E-state index in [0.29, 0.717) is 0 Å². The molecule has 0 spiro atoms. The fraction of sp³-hybridized carbons (Fsp3) is 0.733. The molecule has 116 valence electrons. The first-order valence-electron chi connectivity index (χ1n) is 7.48. The van der Waals surface area contributed by atoms with Gasteiger partial charge in [-0.05, 0) is 32.6 Å². The molecule has 0 saturated carbocycles. The quantitative estimate of drug-likeness (QED) is 0.497. The van der Waals surface area contributed by atoms with Crippen LogP contribution in [0.2, 0.25) is 0 Å². The van der Waals surface area contributed by atoms with Crippen molar-refractivity contribution < 1.29 is 24.5 Å². The van der Waals surface area contributed by atoms with Crippen molar-refractivity contribution in [3.8, 4) is 0 Å². The van der Waals surface area contributed by atoms with Crippen molar-refractivity contribution in [2.75, 3.05) is 6.61 Å². The van der Waals surface area contributed by atoms with Crippen LogP contribution in [-0.4, -0.2) is 45.9 Å². The molecule has 6 heteroatoms. The maximum Gasteiger partial charge on any atom is 0.339 e. The molecule has 3 rings (SSSR count). The number of aliphatic hydroxyl groups is 2. The minimum absolute atomic E-state index is 0.166. The van der Waals surface area contributed by atoms with Crippen molar-refractivity contribution in [2.45, 2.75) is 49.9 Å². The zero-order chi connectivity index (χ0) is 15.3. The summed E-state index contributed by atoms with van der Waals surface area (Å²) < 4.78 is 5.28. The number of esters is 1. The molecule has 4 unspecified atom stereocenters. The van der Waals surface area contributed by atoms with Crippen LogP contribution in [0, 0.1) is 11.8 Å². The van der Waals surface area contributed by atoms with E-state index in [2.05, 4.69) is 5.32 Å². The predicted octanol–water partition coefficient (Wildman–Crippen LogP) is -0.114. The highest BCUT2D eigenvalue weighted by molar-refractivity contribution is 6.01. The Bertz CT molecular complexity index is 504. The summed E-state index contributed by atoms with van der Waals surface area (Å²) in [5.41, 5.74) is -2.47. The average molecular weight is 295 g/mol. The van der Waals surface area contributed by atoms with E-state index in [1.807, 2.05) is 12.2 Å². The minimum Gasteiger partial charge on any atom is -0.453 e. The highest BCUT2D eigenvalue weighted by Gasteiger charge is 2.79. The highest BCUT2D eigenvalue weighted by atomic mass is 16.6. The summed E-state index contributed by atoms with van der Waals surface area (Å²) in [5, 5.41) is 22.6. The second-order valence-corrected chi connectivity index (χ2v) is 6.33. The van der Waals surface area contributed by atoms with Crippen LogP contribution in [0.4, 0.5) is 0 Å². The van der Waals surface area contributed by atoms with Crippen LogP contribution in [-0.2, 0) is 14.3 Å². The van der Waals surface area contributed by atoms with Gasteiger partial charge in [0.1, 0.15) is 0 Å². The average Bonchev–Trinajstić information content (AvgIpc) is 2.65. The first-order chi connectivity index (χ1) is 9.97. The topological polar surface area (TPSA) is 95.9 Å². The van der Waals surface area contributed by atoms with Gasteiger partial charge in [0.15, 0.2) is 5.60 Å². The first kappa shape index (κ1) is 14.5. The molecule has 0 radical (unpaired) electrons. The SMILES string of the molecule is CC12OC(=O)C1(C(O)C1C=CCCC1)NC(=O)[C@@H]2CCO. The number of carbonyl (C=O) groups is 2. The van der Waals surface area contributed by atoms with Crippen molar-refractivity contribution in [3.05, 3.63) is 12.2 Å². The summed E-state index contributed by atoms with van der Waals surface area (Å²) >= 11 is 0. The first-order valence-corrected chi connectivity index (χ1v) is 7.48. The third-order valence-corrected chi connectivity index (χ3v) is 5.27. The van der Waals surface area contributed by atoms with Gasteiger partial charge in [-0.15, -0.1) is 0 Å². The van der Waals surface area contributed by atoms with E-state index in [-0.39, 0.29) is 24.9 Å². The molecular weight excluding hydrogens is 274 g/mol. The Morgan fingerprint density at radius 2 is 2.29 bits per heavy atom. The minimum atomic E-state index is -1.38. The largest absolute Gasteiger partial charge is 0.453 e. The van der Waals surface area contributed by atoms with Gasteiger partial charge < -0.3 is 20.3 Å². The standard InChI is InChI=1S/C15H21NO5/c1-14-10(7-8-17)12(19)16-15(14,13(20)21-14)11(18)9-5-3-2-4-6-9/h3,5,9-11,17-18H,2,4,6-8H2,1H3,(H,16,19)/t9?,10-,11?,14?,15?/m0/s1. The van der Waals surface area contributed by atoms with E-state index in [4.69, 9.17) is 9.84 Å². The van der Waals surface area contributed by atoms with E-state index < -0.39 is 29.1 Å². The van der Waals surface area contributed by atoms with Crippen molar-refractivity contribution >= 4 is 11.9 Å². The van der Waals surface area contributed by atoms with Crippen molar-refractivity contribution in [1.82, 2.24) is 5.32 Å². The molecule has 21 heavy (non-hydrogen) atoms. The fourth-order valence-electron chi connectivity index (χ4n) is 4.01. The Labute approximate surface area is 123 Å². The smallest absolute Gasteiger partial charge is 0.339 e. The summed E-state index contributed by atoms with van der Waals surface area (Å²) in [7, 11) is 0. The summed E-state index contributed by atoms with van der Waals surface area (Å²) in [5.74, 6) is -1.71. The number of ether oxygens (including phenoxy) is 1. The number of fused-ring (bicyclic) bond motifs is 1. The van der Waals surface area contributed by atoms with Gasteiger partial charge in [-0.3, -0.25) is 4.79 Å². The molecule has 6 nitrogen and oxygen atoms in total. The number of hydrogen-bond acceptors (Lipinski definition) is 5. The molecule has 2 fully saturated rings. The third kappa shape index (κ3) is 1.72. The Kier molecular flexibility index (Phi) is 3.33. The lowest BCUT2D eigenvalue weighted by molar-refractivity contribution is -0.238. The number of rotatable bonds is 4. The maximum atomic E-state index is 12.2. The lowest BCUT2D eigenvalue weighted by Gasteiger charge is -2.54. The zero-order valence-electron chi connectivity index (χ0n) is 12.0. The third-order valence-electron chi connectivity index (χ3n) is 5.27. The van der Waals surface area contributed by atoms with Gasteiger partial charge in [-0.2, -0.15) is 0 Å². The number of allylic oxidation sites excluding steroid dienone is 1. The van der Waals surface area contributed by atoms with E-state index in [1.165, 1.54) is 0 Å². The van der Waals surface area contributed by atoms with Crippen LogP contribution in [0.3, 0.4) is 0 Å². The molecule has 0 aromatic rings. The van der Waals surface area contributed by atoms with E-state index in [1.54, 1.807) is 6.92 Å². The number of aliphatic hydroxyl groups excluding tert-OH is 2. The molecule has 0 aromatic heterocycles. The van der Waals surface area contributed by atoms with E-state index in [0.717, 1.165) is 19.3 Å². The molecule has 0 bridgehead atoms.